The number of carbonyl (C=O) groups is 1. The maximum atomic E-state index is 11.8. The van der Waals surface area contributed by atoms with Crippen molar-refractivity contribution in [3.63, 3.8) is 0 Å². The van der Waals surface area contributed by atoms with Crippen LogP contribution >= 0.6 is 11.6 Å². The summed E-state index contributed by atoms with van der Waals surface area (Å²) >= 11 is 5.84. The second-order valence-electron chi connectivity index (χ2n) is 3.88. The van der Waals surface area contributed by atoms with Crippen LogP contribution in [0.15, 0.2) is 18.2 Å². The monoisotopic (exact) mass is 281 g/mol. The van der Waals surface area contributed by atoms with E-state index in [1.54, 1.807) is 0 Å². The van der Waals surface area contributed by atoms with Crippen molar-refractivity contribution in [3.8, 4) is 6.07 Å². The molecular weight excluding hydrogens is 270 g/mol. The Morgan fingerprint density at radius 3 is 2.79 bits per heavy atom. The number of hydrogen-bond donors (Lipinski definition) is 1. The maximum Gasteiger partial charge on any atom is 0.271 e. The Morgan fingerprint density at radius 1 is 1.63 bits per heavy atom. The molecule has 1 unspecified atom stereocenters. The number of hydrogen-bond acceptors (Lipinski definition) is 4. The Hall–Kier alpha value is -2.13. The number of benzene rings is 1. The second-order valence-corrected chi connectivity index (χ2v) is 4.29. The Kier molecular flexibility index (Phi) is 5.27. The van der Waals surface area contributed by atoms with Crippen molar-refractivity contribution < 1.29 is 9.72 Å². The van der Waals surface area contributed by atoms with Crippen LogP contribution in [0.1, 0.15) is 19.8 Å². The van der Waals surface area contributed by atoms with Crippen LogP contribution < -0.4 is 5.32 Å². The van der Waals surface area contributed by atoms with Gasteiger partial charge < -0.3 is 5.32 Å². The number of non-ortho nitro benzene ring substituents is 1. The summed E-state index contributed by atoms with van der Waals surface area (Å²) in [6, 6.07) is 5.64. The van der Waals surface area contributed by atoms with Crippen LogP contribution in [0.5, 0.6) is 0 Å². The van der Waals surface area contributed by atoms with E-state index in [0.717, 1.165) is 6.07 Å². The predicted molar refractivity (Wildman–Crippen MR) is 70.7 cm³/mol. The standard InChI is InChI=1S/C12H12ClN3O3/c1-2-3-8(7-14)12(17)15-11-5-4-9(16(18)19)6-10(11)13/h4-6,8H,2-3H2,1H3,(H,15,17). The first-order chi connectivity index (χ1) is 8.99. The Labute approximate surface area is 115 Å². The molecule has 1 amide bonds. The van der Waals surface area contributed by atoms with Gasteiger partial charge in [-0.15, -0.1) is 0 Å². The third-order valence-electron chi connectivity index (χ3n) is 2.47. The molecule has 0 fully saturated rings. The van der Waals surface area contributed by atoms with E-state index in [4.69, 9.17) is 16.9 Å². The number of nitriles is 1. The largest absolute Gasteiger partial charge is 0.324 e. The lowest BCUT2D eigenvalue weighted by molar-refractivity contribution is -0.384. The molecule has 19 heavy (non-hydrogen) atoms. The lowest BCUT2D eigenvalue weighted by Crippen LogP contribution is -2.21. The lowest BCUT2D eigenvalue weighted by Gasteiger charge is -2.10. The number of nitrogens with one attached hydrogen (secondary N) is 1. The van der Waals surface area contributed by atoms with Gasteiger partial charge in [-0.3, -0.25) is 14.9 Å². The minimum atomic E-state index is -0.753. The van der Waals surface area contributed by atoms with Crippen LogP contribution in [0, 0.1) is 27.4 Å². The molecule has 1 rings (SSSR count). The fourth-order valence-corrected chi connectivity index (χ4v) is 1.70. The molecule has 0 aliphatic rings. The number of nitro benzene ring substituents is 1. The number of halogens is 1. The summed E-state index contributed by atoms with van der Waals surface area (Å²) in [7, 11) is 0. The van der Waals surface area contributed by atoms with E-state index >= 15 is 0 Å². The molecule has 0 spiro atoms. The van der Waals surface area contributed by atoms with Crippen LogP contribution in [0.3, 0.4) is 0 Å². The topological polar surface area (TPSA) is 96.0 Å². The molecule has 0 aliphatic carbocycles. The normalized spacial score (nSPS) is 11.4. The first-order valence-electron chi connectivity index (χ1n) is 5.64. The molecule has 7 heteroatoms. The van der Waals surface area contributed by atoms with Gasteiger partial charge in [0.2, 0.25) is 5.91 Å². The van der Waals surface area contributed by atoms with Crippen molar-refractivity contribution in [2.45, 2.75) is 19.8 Å². The van der Waals surface area contributed by atoms with Crippen molar-refractivity contribution >= 4 is 28.9 Å². The third-order valence-corrected chi connectivity index (χ3v) is 2.78. The number of carbonyl (C=O) groups excluding carboxylic acids is 1. The number of amides is 1. The van der Waals surface area contributed by atoms with Crippen molar-refractivity contribution in [2.24, 2.45) is 5.92 Å². The molecule has 0 saturated carbocycles. The number of rotatable bonds is 5. The van der Waals surface area contributed by atoms with Crippen molar-refractivity contribution in [3.05, 3.63) is 33.3 Å². The van der Waals surface area contributed by atoms with E-state index in [-0.39, 0.29) is 16.4 Å². The van der Waals surface area contributed by atoms with Gasteiger partial charge in [-0.25, -0.2) is 0 Å². The van der Waals surface area contributed by atoms with E-state index in [9.17, 15) is 14.9 Å². The molecule has 1 atom stereocenters. The molecule has 0 aromatic heterocycles. The van der Waals surface area contributed by atoms with Gasteiger partial charge in [-0.1, -0.05) is 24.9 Å². The average Bonchev–Trinajstić information content (AvgIpc) is 2.37. The molecule has 0 heterocycles. The van der Waals surface area contributed by atoms with Crippen molar-refractivity contribution in [1.29, 1.82) is 5.26 Å². The van der Waals surface area contributed by atoms with Crippen LogP contribution in [-0.2, 0) is 4.79 Å². The number of nitro groups is 1. The zero-order chi connectivity index (χ0) is 14.4. The van der Waals surface area contributed by atoms with E-state index in [2.05, 4.69) is 5.32 Å². The van der Waals surface area contributed by atoms with Crippen LogP contribution in [-0.4, -0.2) is 10.8 Å². The summed E-state index contributed by atoms with van der Waals surface area (Å²) in [4.78, 5) is 21.7. The van der Waals surface area contributed by atoms with Crippen LogP contribution in [0.25, 0.3) is 0 Å². The van der Waals surface area contributed by atoms with E-state index in [1.165, 1.54) is 12.1 Å². The highest BCUT2D eigenvalue weighted by Gasteiger charge is 2.18. The van der Waals surface area contributed by atoms with Gasteiger partial charge in [0.15, 0.2) is 0 Å². The Balaban J connectivity index is 2.86. The van der Waals surface area contributed by atoms with Crippen molar-refractivity contribution in [2.75, 3.05) is 5.32 Å². The summed E-state index contributed by atoms with van der Waals surface area (Å²) in [5.74, 6) is -1.21. The summed E-state index contributed by atoms with van der Waals surface area (Å²) in [6.45, 7) is 1.87. The number of nitrogens with zero attached hydrogens (tertiary/aromatic N) is 2. The highest BCUT2D eigenvalue weighted by Crippen LogP contribution is 2.27. The van der Waals surface area contributed by atoms with Gasteiger partial charge in [-0.2, -0.15) is 5.26 Å². The molecule has 6 nitrogen and oxygen atoms in total. The fourth-order valence-electron chi connectivity index (χ4n) is 1.48. The predicted octanol–water partition coefficient (Wildman–Crippen LogP) is 3.13. The highest BCUT2D eigenvalue weighted by atomic mass is 35.5. The fraction of sp³-hybridized carbons (Fsp3) is 0.333. The minimum absolute atomic E-state index is 0.0655. The molecule has 0 bridgehead atoms. The molecular formula is C12H12ClN3O3. The van der Waals surface area contributed by atoms with Gasteiger partial charge in [0.1, 0.15) is 5.92 Å². The molecule has 0 aliphatic heterocycles. The molecule has 1 N–H and O–H groups in total. The average molecular weight is 282 g/mol. The van der Waals surface area contributed by atoms with Gasteiger partial charge in [-0.05, 0) is 12.5 Å². The summed E-state index contributed by atoms with van der Waals surface area (Å²) in [6.07, 6.45) is 1.16. The number of anilines is 1. The first kappa shape index (κ1) is 14.9. The molecule has 100 valence electrons. The van der Waals surface area contributed by atoms with E-state index in [0.29, 0.717) is 12.8 Å². The highest BCUT2D eigenvalue weighted by molar-refractivity contribution is 6.34. The maximum absolute atomic E-state index is 11.8. The van der Waals surface area contributed by atoms with Gasteiger partial charge in [0.25, 0.3) is 5.69 Å². The third kappa shape index (κ3) is 3.93. The van der Waals surface area contributed by atoms with E-state index in [1.807, 2.05) is 13.0 Å². The zero-order valence-electron chi connectivity index (χ0n) is 10.2. The quantitative estimate of drug-likeness (QED) is 0.662. The van der Waals surface area contributed by atoms with Gasteiger partial charge in [0, 0.05) is 12.1 Å². The first-order valence-corrected chi connectivity index (χ1v) is 6.01. The van der Waals surface area contributed by atoms with Crippen LogP contribution in [0.4, 0.5) is 11.4 Å². The molecule has 1 aromatic rings. The SMILES string of the molecule is CCCC(C#N)C(=O)Nc1ccc([N+](=O)[O-])cc1Cl. The minimum Gasteiger partial charge on any atom is -0.324 e. The zero-order valence-corrected chi connectivity index (χ0v) is 11.0. The summed E-state index contributed by atoms with van der Waals surface area (Å²) in [5, 5.41) is 22.0. The summed E-state index contributed by atoms with van der Waals surface area (Å²) in [5.41, 5.74) is 0.0991. The van der Waals surface area contributed by atoms with E-state index < -0.39 is 16.7 Å². The van der Waals surface area contributed by atoms with Gasteiger partial charge in [0.05, 0.1) is 21.7 Å². The van der Waals surface area contributed by atoms with Gasteiger partial charge >= 0.3 is 0 Å². The molecule has 1 aromatic carbocycles. The lowest BCUT2D eigenvalue weighted by atomic mass is 10.0. The summed E-state index contributed by atoms with van der Waals surface area (Å²) < 4.78 is 0. The van der Waals surface area contributed by atoms with Crippen molar-refractivity contribution in [1.82, 2.24) is 0 Å². The smallest absolute Gasteiger partial charge is 0.271 e. The Morgan fingerprint density at radius 2 is 2.32 bits per heavy atom. The molecule has 0 radical (unpaired) electrons. The van der Waals surface area contributed by atoms with Crippen LogP contribution in [0.2, 0.25) is 5.02 Å². The molecule has 0 saturated heterocycles. The Bertz CT molecular complexity index is 540. The second kappa shape index (κ2) is 6.71.